The van der Waals surface area contributed by atoms with Crippen LogP contribution >= 0.6 is 0 Å². The normalized spacial score (nSPS) is 13.2. The zero-order valence-corrected chi connectivity index (χ0v) is 20.3. The molecule has 2 rings (SSSR count). The van der Waals surface area contributed by atoms with Crippen LogP contribution < -0.4 is 21.6 Å². The topological polar surface area (TPSA) is 183 Å². The Kier molecular flexibility index (Phi) is 11.7. The van der Waals surface area contributed by atoms with Crippen molar-refractivity contribution in [3.8, 4) is 0 Å². The molecular formula is C27H29N4O7+. The molecule has 198 valence electrons. The molecule has 11 heteroatoms. The Morgan fingerprint density at radius 3 is 1.92 bits per heavy atom. The van der Waals surface area contributed by atoms with E-state index >= 15 is 0 Å². The fourth-order valence-corrected chi connectivity index (χ4v) is 3.02. The minimum Gasteiger partial charge on any atom is -0.480 e. The van der Waals surface area contributed by atoms with Gasteiger partial charge >= 0.3 is 11.9 Å². The molecule has 0 aromatic heterocycles. The summed E-state index contributed by atoms with van der Waals surface area (Å²) in [5.74, 6) is -3.54. The van der Waals surface area contributed by atoms with Gasteiger partial charge in [-0.15, -0.1) is 0 Å². The number of hydrogen-bond donors (Lipinski definition) is 7. The van der Waals surface area contributed by atoms with Crippen LogP contribution in [0.2, 0.25) is 0 Å². The largest absolute Gasteiger partial charge is 0.480 e. The van der Waals surface area contributed by atoms with Gasteiger partial charge in [-0.25, -0.2) is 15.0 Å². The first-order valence-electron chi connectivity index (χ1n) is 11.4. The molecule has 11 nitrogen and oxygen atoms in total. The maximum Gasteiger partial charge on any atom is 0.328 e. The number of carbonyl (C=O) groups is 4. The van der Waals surface area contributed by atoms with E-state index in [1.165, 1.54) is 18.2 Å². The van der Waals surface area contributed by atoms with Gasteiger partial charge < -0.3 is 21.3 Å². The number of nitrogens with two attached hydrogens (primary N) is 1. The molecule has 2 amide bonds. The molecule has 38 heavy (non-hydrogen) atoms. The highest BCUT2D eigenvalue weighted by atomic mass is 16.5. The van der Waals surface area contributed by atoms with E-state index in [-0.39, 0.29) is 18.0 Å². The van der Waals surface area contributed by atoms with Gasteiger partial charge in [-0.1, -0.05) is 53.8 Å². The van der Waals surface area contributed by atoms with Crippen molar-refractivity contribution >= 4 is 47.3 Å². The lowest BCUT2D eigenvalue weighted by Crippen LogP contribution is -3.08. The summed E-state index contributed by atoms with van der Waals surface area (Å²) in [7, 11) is 0. The molecule has 8 N–H and O–H groups in total. The van der Waals surface area contributed by atoms with Gasteiger partial charge in [-0.3, -0.25) is 9.59 Å². The molecular weight excluding hydrogens is 492 g/mol. The number of hydrogen-bond acceptors (Lipinski definition) is 6. The molecule has 0 heterocycles. The monoisotopic (exact) mass is 521 g/mol. The Labute approximate surface area is 218 Å². The molecule has 0 saturated carbocycles. The quantitative estimate of drug-likeness (QED) is 0.111. The number of aliphatic carboxylic acids is 2. The van der Waals surface area contributed by atoms with Crippen molar-refractivity contribution in [1.82, 2.24) is 5.32 Å². The maximum atomic E-state index is 11.9. The molecule has 2 unspecified atom stereocenters. The predicted octanol–water partition coefficient (Wildman–Crippen LogP) is 1.68. The highest BCUT2D eigenvalue weighted by Gasteiger charge is 2.19. The summed E-state index contributed by atoms with van der Waals surface area (Å²) in [5, 5.41) is 30.3. The summed E-state index contributed by atoms with van der Waals surface area (Å²) in [6.45, 7) is 0. The molecule has 0 saturated heterocycles. The Morgan fingerprint density at radius 1 is 0.842 bits per heavy atom. The average molecular weight is 522 g/mol. The zero-order valence-electron chi connectivity index (χ0n) is 20.3. The number of primary amides is 1. The third-order valence-corrected chi connectivity index (χ3v) is 4.94. The molecule has 0 bridgehead atoms. The number of carbonyl (C=O) groups excluding carboxylic acids is 2. The third kappa shape index (κ3) is 11.2. The van der Waals surface area contributed by atoms with Crippen LogP contribution in [0.1, 0.15) is 24.0 Å². The summed E-state index contributed by atoms with van der Waals surface area (Å²) in [6.07, 6.45) is 11.5. The van der Waals surface area contributed by atoms with Crippen molar-refractivity contribution in [2.24, 2.45) is 5.73 Å². The predicted molar refractivity (Wildman–Crippen MR) is 141 cm³/mol. The Hall–Kier alpha value is -5.00. The van der Waals surface area contributed by atoms with E-state index in [9.17, 15) is 24.4 Å². The summed E-state index contributed by atoms with van der Waals surface area (Å²) < 4.78 is 0. The molecule has 0 radical (unpaired) electrons. The minimum atomic E-state index is -1.25. The lowest BCUT2D eigenvalue weighted by Gasteiger charge is -2.12. The van der Waals surface area contributed by atoms with Crippen LogP contribution in [0.4, 0.5) is 11.4 Å². The molecule has 2 aromatic carbocycles. The van der Waals surface area contributed by atoms with Crippen LogP contribution in [0.5, 0.6) is 0 Å². The van der Waals surface area contributed by atoms with Crippen molar-refractivity contribution in [1.29, 1.82) is 0 Å². The van der Waals surface area contributed by atoms with E-state index in [1.807, 2.05) is 12.1 Å². The summed E-state index contributed by atoms with van der Waals surface area (Å²) >= 11 is 0. The van der Waals surface area contributed by atoms with Crippen molar-refractivity contribution in [3.63, 3.8) is 0 Å². The SMILES string of the molecule is NC(=O)CCC(NC(=O)C=CC=Cc1ccc([NH+](O)Nc2ccc(C=CC=CC(=O)O)cc2)cc1)C(=O)O. The van der Waals surface area contributed by atoms with E-state index < -0.39 is 29.8 Å². The molecule has 0 aliphatic rings. The van der Waals surface area contributed by atoms with Crippen molar-refractivity contribution in [2.45, 2.75) is 18.9 Å². The second kappa shape index (κ2) is 15.2. The van der Waals surface area contributed by atoms with Crippen LogP contribution in [0.25, 0.3) is 12.2 Å². The van der Waals surface area contributed by atoms with E-state index in [1.54, 1.807) is 60.7 Å². The molecule has 0 fully saturated rings. The van der Waals surface area contributed by atoms with E-state index in [0.717, 1.165) is 17.2 Å². The number of anilines is 1. The molecule has 0 aliphatic carbocycles. The van der Waals surface area contributed by atoms with Gasteiger partial charge in [0, 0.05) is 30.7 Å². The van der Waals surface area contributed by atoms with Crippen LogP contribution in [-0.2, 0) is 19.2 Å². The van der Waals surface area contributed by atoms with Crippen LogP contribution in [0, 0.1) is 0 Å². The average Bonchev–Trinajstić information content (AvgIpc) is 2.88. The smallest absolute Gasteiger partial charge is 0.328 e. The summed E-state index contributed by atoms with van der Waals surface area (Å²) in [5.41, 5.74) is 10.8. The molecule has 2 aromatic rings. The van der Waals surface area contributed by atoms with E-state index in [2.05, 4.69) is 10.7 Å². The van der Waals surface area contributed by atoms with E-state index in [4.69, 9.17) is 15.9 Å². The molecule has 0 spiro atoms. The van der Waals surface area contributed by atoms with Crippen molar-refractivity contribution < 1.29 is 39.8 Å². The zero-order chi connectivity index (χ0) is 27.9. The number of nitrogens with one attached hydrogen (secondary N) is 3. The van der Waals surface area contributed by atoms with Crippen molar-refractivity contribution in [3.05, 3.63) is 96.1 Å². The first-order chi connectivity index (χ1) is 18.1. The van der Waals surface area contributed by atoms with Gasteiger partial charge in [0.1, 0.15) is 6.04 Å². The van der Waals surface area contributed by atoms with Crippen LogP contribution in [0.3, 0.4) is 0 Å². The maximum absolute atomic E-state index is 11.9. The van der Waals surface area contributed by atoms with Gasteiger partial charge in [-0.2, -0.15) is 5.21 Å². The standard InChI is InChI=1S/C27H28N4O7/c28-24(32)18-17-23(27(36)37)29-25(33)7-3-1-5-20-11-15-22(16-12-20)31(38)30-21-13-9-19(10-14-21)6-2-4-8-26(34)35/h1-16,23,30,38H,17-18H2,(H2,28,32)(H,29,33)(H,34,35)(H,36,37)/p+1. The lowest BCUT2D eigenvalue weighted by atomic mass is 10.1. The number of rotatable bonds is 14. The highest BCUT2D eigenvalue weighted by Crippen LogP contribution is 2.11. The minimum absolute atomic E-state index is 0.0471. The number of quaternary nitrogens is 1. The van der Waals surface area contributed by atoms with Gasteiger partial charge in [0.05, 0.1) is 5.69 Å². The summed E-state index contributed by atoms with van der Waals surface area (Å²) in [4.78, 5) is 44.3. The Balaban J connectivity index is 1.86. The lowest BCUT2D eigenvalue weighted by molar-refractivity contribution is -1.02. The number of carboxylic acids is 2. The number of benzene rings is 2. The van der Waals surface area contributed by atoms with Crippen LogP contribution in [0.15, 0.2) is 85.0 Å². The fraction of sp³-hybridized carbons (Fsp3) is 0.111. The fourth-order valence-electron chi connectivity index (χ4n) is 3.02. The van der Waals surface area contributed by atoms with Gasteiger partial charge in [0.2, 0.25) is 11.8 Å². The number of amides is 2. The Morgan fingerprint density at radius 2 is 1.39 bits per heavy atom. The number of carboxylic acid groups (broad SMARTS) is 2. The van der Waals surface area contributed by atoms with Crippen LogP contribution in [-0.4, -0.2) is 45.2 Å². The van der Waals surface area contributed by atoms with Gasteiger partial charge in [0.25, 0.3) is 0 Å². The first kappa shape index (κ1) is 29.2. The second-order valence-electron chi connectivity index (χ2n) is 7.90. The Bertz CT molecular complexity index is 1230. The van der Waals surface area contributed by atoms with Crippen molar-refractivity contribution in [2.75, 3.05) is 5.43 Å². The van der Waals surface area contributed by atoms with E-state index in [0.29, 0.717) is 11.4 Å². The molecule has 0 aliphatic heterocycles. The summed E-state index contributed by atoms with van der Waals surface area (Å²) in [6, 6.07) is 12.9. The second-order valence-corrected chi connectivity index (χ2v) is 7.90. The first-order valence-corrected chi connectivity index (χ1v) is 11.4. The molecule has 2 atom stereocenters. The number of allylic oxidation sites excluding steroid dienone is 4. The van der Waals surface area contributed by atoms with Gasteiger partial charge in [0.15, 0.2) is 5.69 Å². The third-order valence-electron chi connectivity index (χ3n) is 4.94. The highest BCUT2D eigenvalue weighted by molar-refractivity contribution is 5.91. The van der Waals surface area contributed by atoms with Gasteiger partial charge in [-0.05, 0) is 41.8 Å².